The summed E-state index contributed by atoms with van der Waals surface area (Å²) in [4.78, 5) is 23.3. The molecule has 0 aliphatic heterocycles. The summed E-state index contributed by atoms with van der Waals surface area (Å²) >= 11 is 5.79. The summed E-state index contributed by atoms with van der Waals surface area (Å²) in [6, 6.07) is 14.4. The summed E-state index contributed by atoms with van der Waals surface area (Å²) in [5.74, 6) is -1.48. The minimum absolute atomic E-state index is 0.199. The molecule has 2 aromatic rings. The van der Waals surface area contributed by atoms with Crippen LogP contribution in [0.3, 0.4) is 0 Å². The van der Waals surface area contributed by atoms with Gasteiger partial charge in [0.15, 0.2) is 0 Å². The molecule has 2 rings (SSSR count). The first-order valence-corrected chi connectivity index (χ1v) is 6.77. The molecule has 1 atom stereocenters. The van der Waals surface area contributed by atoms with E-state index in [1.165, 1.54) is 0 Å². The van der Waals surface area contributed by atoms with Gasteiger partial charge in [-0.3, -0.25) is 4.79 Å². The molecule has 4 nitrogen and oxygen atoms in total. The lowest BCUT2D eigenvalue weighted by Crippen LogP contribution is -2.42. The number of nitrogens with one attached hydrogen (secondary N) is 1. The molecule has 2 N–H and O–H groups in total. The fourth-order valence-electron chi connectivity index (χ4n) is 1.89. The van der Waals surface area contributed by atoms with Crippen LogP contribution in [0.5, 0.6) is 0 Å². The van der Waals surface area contributed by atoms with Crippen LogP contribution < -0.4 is 5.32 Å². The number of carboxylic acid groups (broad SMARTS) is 1. The number of amides is 1. The van der Waals surface area contributed by atoms with Gasteiger partial charge in [-0.2, -0.15) is 0 Å². The topological polar surface area (TPSA) is 66.4 Å². The average Bonchev–Trinajstić information content (AvgIpc) is 2.49. The molecule has 1 amide bonds. The first kappa shape index (κ1) is 15.1. The quantitative estimate of drug-likeness (QED) is 0.892. The van der Waals surface area contributed by atoms with Gasteiger partial charge in [-0.1, -0.05) is 41.9 Å². The number of hydrogen-bond donors (Lipinski definition) is 2. The van der Waals surface area contributed by atoms with Crippen LogP contribution in [0, 0.1) is 0 Å². The maximum atomic E-state index is 12.0. The fraction of sp³-hybridized carbons (Fsp3) is 0.125. The van der Waals surface area contributed by atoms with Gasteiger partial charge in [-0.15, -0.1) is 0 Å². The molecule has 0 spiro atoms. The molecule has 0 bridgehead atoms. The lowest BCUT2D eigenvalue weighted by molar-refractivity contribution is -0.139. The number of halogens is 1. The Morgan fingerprint density at radius 1 is 1.05 bits per heavy atom. The van der Waals surface area contributed by atoms with Crippen LogP contribution >= 0.6 is 11.6 Å². The van der Waals surface area contributed by atoms with Gasteiger partial charge >= 0.3 is 5.97 Å². The highest BCUT2D eigenvalue weighted by Gasteiger charge is 2.20. The van der Waals surface area contributed by atoms with E-state index in [0.717, 1.165) is 5.56 Å². The molecular formula is C16H14ClNO3. The Bertz CT molecular complexity index is 626. The Hall–Kier alpha value is -2.33. The van der Waals surface area contributed by atoms with Crippen molar-refractivity contribution in [3.05, 3.63) is 70.7 Å². The van der Waals surface area contributed by atoms with E-state index in [-0.39, 0.29) is 6.42 Å². The fourth-order valence-corrected chi connectivity index (χ4v) is 2.01. The predicted octanol–water partition coefficient (Wildman–Crippen LogP) is 2.77. The van der Waals surface area contributed by atoms with Crippen molar-refractivity contribution in [2.24, 2.45) is 0 Å². The SMILES string of the molecule is O=C(NC(Cc1ccc(Cl)cc1)C(=O)O)c1ccccc1. The van der Waals surface area contributed by atoms with E-state index >= 15 is 0 Å². The van der Waals surface area contributed by atoms with Crippen molar-refractivity contribution in [1.29, 1.82) is 0 Å². The van der Waals surface area contributed by atoms with Crippen LogP contribution in [-0.2, 0) is 11.2 Å². The molecule has 0 radical (unpaired) electrons. The lowest BCUT2D eigenvalue weighted by Gasteiger charge is -2.14. The number of benzene rings is 2. The van der Waals surface area contributed by atoms with E-state index in [4.69, 9.17) is 11.6 Å². The van der Waals surface area contributed by atoms with Gasteiger partial charge in [0, 0.05) is 17.0 Å². The van der Waals surface area contributed by atoms with E-state index in [0.29, 0.717) is 10.6 Å². The molecule has 5 heteroatoms. The molecule has 0 aliphatic carbocycles. The molecule has 108 valence electrons. The summed E-state index contributed by atoms with van der Waals surface area (Å²) < 4.78 is 0. The van der Waals surface area contributed by atoms with E-state index in [9.17, 15) is 14.7 Å². The van der Waals surface area contributed by atoms with Gasteiger partial charge in [-0.25, -0.2) is 4.79 Å². The zero-order chi connectivity index (χ0) is 15.2. The van der Waals surface area contributed by atoms with E-state index in [1.807, 2.05) is 0 Å². The van der Waals surface area contributed by atoms with E-state index in [2.05, 4.69) is 5.32 Å². The minimum atomic E-state index is -1.07. The highest BCUT2D eigenvalue weighted by molar-refractivity contribution is 6.30. The first-order chi connectivity index (χ1) is 10.1. The van der Waals surface area contributed by atoms with Gasteiger partial charge in [-0.05, 0) is 29.8 Å². The van der Waals surface area contributed by atoms with Crippen molar-refractivity contribution < 1.29 is 14.7 Å². The van der Waals surface area contributed by atoms with Crippen molar-refractivity contribution in [2.45, 2.75) is 12.5 Å². The molecule has 0 saturated carbocycles. The Morgan fingerprint density at radius 2 is 1.67 bits per heavy atom. The second-order valence-corrected chi connectivity index (χ2v) is 5.00. The number of carbonyl (C=O) groups excluding carboxylic acids is 1. The summed E-state index contributed by atoms with van der Waals surface area (Å²) in [5.41, 5.74) is 1.22. The molecule has 0 heterocycles. The predicted molar refractivity (Wildman–Crippen MR) is 80.5 cm³/mol. The molecule has 0 aromatic heterocycles. The van der Waals surface area contributed by atoms with Gasteiger partial charge in [0.05, 0.1) is 0 Å². The molecule has 2 aromatic carbocycles. The van der Waals surface area contributed by atoms with Crippen molar-refractivity contribution in [3.63, 3.8) is 0 Å². The van der Waals surface area contributed by atoms with Crippen molar-refractivity contribution in [1.82, 2.24) is 5.32 Å². The highest BCUT2D eigenvalue weighted by Crippen LogP contribution is 2.11. The smallest absolute Gasteiger partial charge is 0.326 e. The van der Waals surface area contributed by atoms with Gasteiger partial charge in [0.25, 0.3) is 5.91 Å². The molecule has 1 unspecified atom stereocenters. The normalized spacial score (nSPS) is 11.7. The van der Waals surface area contributed by atoms with E-state index < -0.39 is 17.9 Å². The van der Waals surface area contributed by atoms with Crippen molar-refractivity contribution in [3.8, 4) is 0 Å². The average molecular weight is 304 g/mol. The monoisotopic (exact) mass is 303 g/mol. The highest BCUT2D eigenvalue weighted by atomic mass is 35.5. The lowest BCUT2D eigenvalue weighted by atomic mass is 10.1. The molecule has 0 aliphatic rings. The van der Waals surface area contributed by atoms with Crippen LogP contribution in [0.4, 0.5) is 0 Å². The summed E-state index contributed by atoms with van der Waals surface area (Å²) in [7, 11) is 0. The third-order valence-corrected chi connectivity index (χ3v) is 3.24. The zero-order valence-electron chi connectivity index (χ0n) is 11.1. The Labute approximate surface area is 127 Å². The zero-order valence-corrected chi connectivity index (χ0v) is 11.9. The summed E-state index contributed by atoms with van der Waals surface area (Å²) in [5, 5.41) is 12.4. The van der Waals surface area contributed by atoms with Crippen LogP contribution in [-0.4, -0.2) is 23.0 Å². The standard InChI is InChI=1S/C16H14ClNO3/c17-13-8-6-11(7-9-13)10-14(16(20)21)18-15(19)12-4-2-1-3-5-12/h1-9,14H,10H2,(H,18,19)(H,20,21). The second-order valence-electron chi connectivity index (χ2n) is 4.56. The number of aliphatic carboxylic acids is 1. The van der Waals surface area contributed by atoms with Gasteiger partial charge in [0.1, 0.15) is 6.04 Å². The number of hydrogen-bond acceptors (Lipinski definition) is 2. The van der Waals surface area contributed by atoms with Gasteiger partial charge in [0.2, 0.25) is 0 Å². The van der Waals surface area contributed by atoms with Crippen LogP contribution in [0.25, 0.3) is 0 Å². The summed E-state index contributed by atoms with van der Waals surface area (Å²) in [6.07, 6.45) is 0.199. The van der Waals surface area contributed by atoms with Gasteiger partial charge < -0.3 is 10.4 Å². The second kappa shape index (κ2) is 6.90. The van der Waals surface area contributed by atoms with Crippen LogP contribution in [0.2, 0.25) is 5.02 Å². The number of carboxylic acids is 1. The maximum Gasteiger partial charge on any atom is 0.326 e. The molecular weight excluding hydrogens is 290 g/mol. The molecule has 21 heavy (non-hydrogen) atoms. The van der Waals surface area contributed by atoms with Crippen LogP contribution in [0.15, 0.2) is 54.6 Å². The Kier molecular flexibility index (Phi) is 4.95. The first-order valence-electron chi connectivity index (χ1n) is 6.39. The number of carbonyl (C=O) groups is 2. The minimum Gasteiger partial charge on any atom is -0.480 e. The number of rotatable bonds is 5. The third-order valence-electron chi connectivity index (χ3n) is 2.99. The van der Waals surface area contributed by atoms with Crippen LogP contribution in [0.1, 0.15) is 15.9 Å². The molecule has 0 saturated heterocycles. The van der Waals surface area contributed by atoms with Crippen molar-refractivity contribution >= 4 is 23.5 Å². The largest absolute Gasteiger partial charge is 0.480 e. The molecule has 0 fully saturated rings. The maximum absolute atomic E-state index is 12.0. The Morgan fingerprint density at radius 3 is 2.24 bits per heavy atom. The summed E-state index contributed by atoms with van der Waals surface area (Å²) in [6.45, 7) is 0. The van der Waals surface area contributed by atoms with Crippen molar-refractivity contribution in [2.75, 3.05) is 0 Å². The Balaban J connectivity index is 2.07. The third kappa shape index (κ3) is 4.33. The van der Waals surface area contributed by atoms with E-state index in [1.54, 1.807) is 54.6 Å².